The van der Waals surface area contributed by atoms with Crippen LogP contribution in [0.2, 0.25) is 0 Å². The van der Waals surface area contributed by atoms with Gasteiger partial charge in [0.1, 0.15) is 6.61 Å². The number of phosphoric acid groups is 1. The second-order valence-electron chi connectivity index (χ2n) is 21.6. The fourth-order valence-electron chi connectivity index (χ4n) is 8.82. The summed E-state index contributed by atoms with van der Waals surface area (Å²) in [5, 5.41) is 0. The first-order valence-corrected chi connectivity index (χ1v) is 34.8. The van der Waals surface area contributed by atoms with Crippen LogP contribution in [-0.4, -0.2) is 49.3 Å². The summed E-state index contributed by atoms with van der Waals surface area (Å²) >= 11 is 0. The van der Waals surface area contributed by atoms with Crippen LogP contribution in [0.1, 0.15) is 271 Å². The second kappa shape index (κ2) is 67.0. The molecule has 0 aromatic rings. The van der Waals surface area contributed by atoms with E-state index in [4.69, 9.17) is 24.3 Å². The molecule has 0 aliphatic rings. The smallest absolute Gasteiger partial charge is 0.462 e. The third kappa shape index (κ3) is 66.9. The standard InChI is InChI=1S/C73H122NO8P/c1-3-5-7-9-11-13-15-17-19-21-23-25-27-29-31-33-34-35-36-38-39-41-43-45-47-49-51-53-55-57-59-61-63-65-72(75)79-69-71(70-81-83(77,78)80-68-67-74)82-73(76)66-64-62-60-58-56-54-52-50-48-46-44-42-40-37-32-30-28-26-24-22-20-18-16-14-12-10-8-6-4-2/h6,8,12,14-15,17-18,20-21,23-24,26-27,29-30,32,40,42,46,48,52,54,58,60,71H,3-5,7,9-11,13,16,19,22,25,28,31,33-39,41,43-45,47,49-51,53,55-57,59,61-70,74H2,1-2H3,(H,77,78)/b8-6-,14-12-,17-15-,20-18-,23-21-,26-24-,29-27-,32-30-,42-40-,48-46-,54-52-,60-58-. The van der Waals surface area contributed by atoms with Gasteiger partial charge >= 0.3 is 19.8 Å². The summed E-state index contributed by atoms with van der Waals surface area (Å²) in [6, 6.07) is 0. The van der Waals surface area contributed by atoms with Gasteiger partial charge in [0.2, 0.25) is 0 Å². The maximum absolute atomic E-state index is 12.7. The molecule has 0 saturated heterocycles. The SMILES string of the molecule is CC/C=C\C/C=C\C/C=C\C/C=C\C/C=C\C/C=C\C/C=C\C/C=C\C/C=C\CCCC(=O)OC(COC(=O)CCCCCCCCCCCCCCCCCCCC/C=C\C/C=C\C/C=C\CCCCCCC)COP(=O)(O)OCCN. The van der Waals surface area contributed by atoms with Gasteiger partial charge in [-0.15, -0.1) is 0 Å². The van der Waals surface area contributed by atoms with Crippen LogP contribution >= 0.6 is 7.82 Å². The van der Waals surface area contributed by atoms with Crippen molar-refractivity contribution >= 4 is 19.8 Å². The van der Waals surface area contributed by atoms with E-state index in [1.165, 1.54) is 141 Å². The Hall–Kier alpha value is -4.11. The number of esters is 2. The van der Waals surface area contributed by atoms with Crippen molar-refractivity contribution in [1.82, 2.24) is 0 Å². The third-order valence-electron chi connectivity index (χ3n) is 13.7. The minimum Gasteiger partial charge on any atom is -0.462 e. The van der Waals surface area contributed by atoms with Crippen molar-refractivity contribution in [3.63, 3.8) is 0 Å². The molecule has 0 aliphatic heterocycles. The monoisotopic (exact) mass is 1170 g/mol. The number of rotatable bonds is 61. The Labute approximate surface area is 509 Å². The maximum Gasteiger partial charge on any atom is 0.472 e. The summed E-state index contributed by atoms with van der Waals surface area (Å²) < 4.78 is 33.1. The Morgan fingerprint density at radius 2 is 0.675 bits per heavy atom. The van der Waals surface area contributed by atoms with Gasteiger partial charge in [0.25, 0.3) is 0 Å². The van der Waals surface area contributed by atoms with Gasteiger partial charge in [-0.2, -0.15) is 0 Å². The Morgan fingerprint density at radius 1 is 0.373 bits per heavy atom. The lowest BCUT2D eigenvalue weighted by Gasteiger charge is -2.19. The Morgan fingerprint density at radius 3 is 1.02 bits per heavy atom. The highest BCUT2D eigenvalue weighted by Crippen LogP contribution is 2.43. The van der Waals surface area contributed by atoms with E-state index in [1.807, 2.05) is 6.08 Å². The molecule has 0 fully saturated rings. The molecule has 9 nitrogen and oxygen atoms in total. The predicted octanol–water partition coefficient (Wildman–Crippen LogP) is 21.9. The summed E-state index contributed by atoms with van der Waals surface area (Å²) in [6.45, 7) is 3.55. The zero-order valence-corrected chi connectivity index (χ0v) is 53.8. The Kier molecular flexibility index (Phi) is 63.7. The Balaban J connectivity index is 4.02. The molecule has 0 aromatic heterocycles. The quantitative estimate of drug-likeness (QED) is 0.0264. The first-order valence-electron chi connectivity index (χ1n) is 33.3. The maximum atomic E-state index is 12.7. The molecule has 0 rings (SSSR count). The van der Waals surface area contributed by atoms with E-state index in [1.54, 1.807) is 0 Å². The summed E-state index contributed by atoms with van der Waals surface area (Å²) in [7, 11) is -4.42. The molecule has 0 saturated carbocycles. The third-order valence-corrected chi connectivity index (χ3v) is 14.7. The van der Waals surface area contributed by atoms with Crippen LogP contribution in [0.15, 0.2) is 146 Å². The summed E-state index contributed by atoms with van der Waals surface area (Å²) in [4.78, 5) is 35.3. The van der Waals surface area contributed by atoms with Crippen molar-refractivity contribution in [2.45, 2.75) is 277 Å². The number of hydrogen-bond acceptors (Lipinski definition) is 8. The number of phosphoric ester groups is 1. The van der Waals surface area contributed by atoms with Gasteiger partial charge in [0.05, 0.1) is 13.2 Å². The minimum atomic E-state index is -4.42. The highest BCUT2D eigenvalue weighted by Gasteiger charge is 2.26. The van der Waals surface area contributed by atoms with Crippen molar-refractivity contribution < 1.29 is 37.6 Å². The van der Waals surface area contributed by atoms with Gasteiger partial charge in [0, 0.05) is 19.4 Å². The molecule has 0 spiro atoms. The van der Waals surface area contributed by atoms with E-state index in [9.17, 15) is 19.0 Å². The number of allylic oxidation sites excluding steroid dienone is 24. The molecule has 0 radical (unpaired) electrons. The zero-order valence-electron chi connectivity index (χ0n) is 52.9. The van der Waals surface area contributed by atoms with Gasteiger partial charge in [0.15, 0.2) is 6.10 Å². The molecule has 472 valence electrons. The van der Waals surface area contributed by atoms with Gasteiger partial charge in [-0.25, -0.2) is 4.57 Å². The first kappa shape index (κ1) is 78.9. The van der Waals surface area contributed by atoms with Gasteiger partial charge in [-0.05, 0) is 116 Å². The molecular formula is C73H122NO8P. The van der Waals surface area contributed by atoms with Gasteiger partial charge < -0.3 is 20.1 Å². The number of ether oxygens (including phenoxy) is 2. The second-order valence-corrected chi connectivity index (χ2v) is 23.1. The molecule has 0 heterocycles. The van der Waals surface area contributed by atoms with Crippen LogP contribution in [0, 0.1) is 0 Å². The van der Waals surface area contributed by atoms with E-state index in [0.29, 0.717) is 12.8 Å². The number of hydrogen-bond donors (Lipinski definition) is 2. The van der Waals surface area contributed by atoms with Crippen molar-refractivity contribution in [2.24, 2.45) is 5.73 Å². The van der Waals surface area contributed by atoms with Crippen LogP contribution in [0.5, 0.6) is 0 Å². The molecule has 2 atom stereocenters. The Bertz CT molecular complexity index is 1870. The topological polar surface area (TPSA) is 134 Å². The number of carbonyl (C=O) groups is 2. The number of nitrogens with two attached hydrogens (primary N) is 1. The lowest BCUT2D eigenvalue weighted by molar-refractivity contribution is -0.161. The predicted molar refractivity (Wildman–Crippen MR) is 357 cm³/mol. The largest absolute Gasteiger partial charge is 0.472 e. The van der Waals surface area contributed by atoms with Gasteiger partial charge in [-0.1, -0.05) is 288 Å². The molecule has 10 heteroatoms. The fourth-order valence-corrected chi connectivity index (χ4v) is 9.59. The van der Waals surface area contributed by atoms with Crippen LogP contribution in [0.3, 0.4) is 0 Å². The highest BCUT2D eigenvalue weighted by molar-refractivity contribution is 7.47. The average Bonchev–Trinajstić information content (AvgIpc) is 3.49. The van der Waals surface area contributed by atoms with Crippen LogP contribution in [0.25, 0.3) is 0 Å². The molecule has 3 N–H and O–H groups in total. The molecule has 0 bridgehead atoms. The lowest BCUT2D eigenvalue weighted by Crippen LogP contribution is -2.29. The highest BCUT2D eigenvalue weighted by atomic mass is 31.2. The minimum absolute atomic E-state index is 0.0372. The molecular weight excluding hydrogens is 1050 g/mol. The van der Waals surface area contributed by atoms with Crippen molar-refractivity contribution in [3.8, 4) is 0 Å². The van der Waals surface area contributed by atoms with Crippen LogP contribution < -0.4 is 5.73 Å². The average molecular weight is 1170 g/mol. The van der Waals surface area contributed by atoms with Gasteiger partial charge in [-0.3, -0.25) is 18.6 Å². The van der Waals surface area contributed by atoms with Crippen molar-refractivity contribution in [2.75, 3.05) is 26.4 Å². The first-order chi connectivity index (χ1) is 40.8. The van der Waals surface area contributed by atoms with Crippen molar-refractivity contribution in [1.29, 1.82) is 0 Å². The fraction of sp³-hybridized carbons (Fsp3) is 0.644. The van der Waals surface area contributed by atoms with Crippen LogP contribution in [-0.2, 0) is 32.7 Å². The van der Waals surface area contributed by atoms with Crippen molar-refractivity contribution in [3.05, 3.63) is 146 Å². The van der Waals surface area contributed by atoms with E-state index < -0.39 is 32.5 Å². The van der Waals surface area contributed by atoms with E-state index >= 15 is 0 Å². The molecule has 0 aliphatic carbocycles. The van der Waals surface area contributed by atoms with E-state index in [0.717, 1.165) is 89.9 Å². The number of carbonyl (C=O) groups excluding carboxylic acids is 2. The molecule has 0 amide bonds. The summed E-state index contributed by atoms with van der Waals surface area (Å²) in [6.07, 6.45) is 96.5. The van der Waals surface area contributed by atoms with Crippen LogP contribution in [0.4, 0.5) is 0 Å². The normalized spacial score (nSPS) is 13.9. The van der Waals surface area contributed by atoms with E-state index in [2.05, 4.69) is 154 Å². The molecule has 2 unspecified atom stereocenters. The molecule has 83 heavy (non-hydrogen) atoms. The van der Waals surface area contributed by atoms with E-state index in [-0.39, 0.29) is 32.6 Å². The number of unbranched alkanes of at least 4 members (excludes halogenated alkanes) is 24. The molecule has 0 aromatic carbocycles. The lowest BCUT2D eigenvalue weighted by atomic mass is 10.0. The summed E-state index contributed by atoms with van der Waals surface area (Å²) in [5.41, 5.74) is 5.39. The zero-order chi connectivity index (χ0) is 60.1. The summed E-state index contributed by atoms with van der Waals surface area (Å²) in [5.74, 6) is -0.901.